The molecule has 5 aliphatic rings. The molecule has 3 unspecified atom stereocenters. The highest BCUT2D eigenvalue weighted by Crippen LogP contribution is 2.59. The van der Waals surface area contributed by atoms with Crippen molar-refractivity contribution in [3.05, 3.63) is 228 Å². The number of fused-ring (bicyclic) bond motifs is 6. The third-order valence-electron chi connectivity index (χ3n) is 13.7. The van der Waals surface area contributed by atoms with E-state index < -0.39 is 0 Å². The first kappa shape index (κ1) is 35.9. The predicted molar refractivity (Wildman–Crippen MR) is 262 cm³/mol. The van der Waals surface area contributed by atoms with Gasteiger partial charge in [0.1, 0.15) is 0 Å². The lowest BCUT2D eigenvalue weighted by Crippen LogP contribution is -2.06. The second-order valence-electron chi connectivity index (χ2n) is 17.2. The lowest BCUT2D eigenvalue weighted by Gasteiger charge is -2.26. The smallest absolute Gasteiger partial charge is 0.00587 e. The van der Waals surface area contributed by atoms with E-state index in [1.54, 1.807) is 0 Å². The van der Waals surface area contributed by atoms with Crippen molar-refractivity contribution in [3.63, 3.8) is 0 Å². The van der Waals surface area contributed by atoms with Gasteiger partial charge in [0.2, 0.25) is 0 Å². The van der Waals surface area contributed by atoms with Gasteiger partial charge in [-0.3, -0.25) is 0 Å². The van der Waals surface area contributed by atoms with Crippen LogP contribution >= 0.6 is 0 Å². The SMILES string of the molecule is C1=CCC(c2c3c(c(-c4cccc(-c5c6c(c(-c7ccccc7-c7ccccc7)c7ccccc57)C=CC5CC65)c4)c4ccccc24)C=CCC=C3)=C(C2C=CC=CC2)C=C1. The molecule has 5 aliphatic carbocycles. The molecule has 12 rings (SSSR count). The molecule has 1 fully saturated rings. The van der Waals surface area contributed by atoms with Crippen molar-refractivity contribution >= 4 is 45.3 Å². The Balaban J connectivity index is 1.10. The van der Waals surface area contributed by atoms with Gasteiger partial charge in [-0.1, -0.05) is 206 Å². The molecule has 7 aromatic carbocycles. The minimum absolute atomic E-state index is 0.354. The molecule has 0 saturated heterocycles. The van der Waals surface area contributed by atoms with Crippen LogP contribution in [0.4, 0.5) is 0 Å². The fourth-order valence-corrected chi connectivity index (χ4v) is 11.0. The van der Waals surface area contributed by atoms with Crippen LogP contribution in [-0.2, 0) is 0 Å². The Labute approximate surface area is 359 Å². The molecule has 0 spiro atoms. The molecule has 0 bridgehead atoms. The van der Waals surface area contributed by atoms with Crippen molar-refractivity contribution in [1.82, 2.24) is 0 Å². The van der Waals surface area contributed by atoms with Gasteiger partial charge in [-0.05, 0) is 149 Å². The largest absolute Gasteiger partial charge is 0.0836 e. The van der Waals surface area contributed by atoms with E-state index >= 15 is 0 Å². The summed E-state index contributed by atoms with van der Waals surface area (Å²) in [5.74, 6) is 1.48. The highest BCUT2D eigenvalue weighted by Gasteiger charge is 2.43. The van der Waals surface area contributed by atoms with Crippen molar-refractivity contribution in [2.24, 2.45) is 11.8 Å². The molecule has 0 heteroatoms. The van der Waals surface area contributed by atoms with Crippen LogP contribution in [0.15, 0.2) is 200 Å². The normalized spacial score (nSPS) is 19.5. The third kappa shape index (κ3) is 6.04. The van der Waals surface area contributed by atoms with Gasteiger partial charge in [-0.15, -0.1) is 0 Å². The summed E-state index contributed by atoms with van der Waals surface area (Å²) in [4.78, 5) is 0. The van der Waals surface area contributed by atoms with Crippen LogP contribution in [0.5, 0.6) is 0 Å². The molecule has 0 aliphatic heterocycles. The van der Waals surface area contributed by atoms with Crippen LogP contribution in [0, 0.1) is 11.8 Å². The van der Waals surface area contributed by atoms with E-state index in [1.165, 1.54) is 111 Å². The topological polar surface area (TPSA) is 0 Å². The lowest BCUT2D eigenvalue weighted by atomic mass is 9.77. The fourth-order valence-electron chi connectivity index (χ4n) is 11.0. The average molecular weight is 779 g/mol. The Morgan fingerprint density at radius 2 is 1.07 bits per heavy atom. The Bertz CT molecular complexity index is 3190. The van der Waals surface area contributed by atoms with Crippen molar-refractivity contribution in [3.8, 4) is 44.5 Å². The maximum Gasteiger partial charge on any atom is 0.00587 e. The van der Waals surface area contributed by atoms with Crippen LogP contribution in [-0.4, -0.2) is 0 Å². The van der Waals surface area contributed by atoms with Gasteiger partial charge < -0.3 is 0 Å². The number of rotatable bonds is 6. The molecule has 0 N–H and O–H groups in total. The molecule has 0 radical (unpaired) electrons. The van der Waals surface area contributed by atoms with E-state index in [0.717, 1.165) is 19.3 Å². The van der Waals surface area contributed by atoms with Gasteiger partial charge in [0.05, 0.1) is 0 Å². The molecule has 0 nitrogen and oxygen atoms in total. The molecule has 290 valence electrons. The first-order chi connectivity index (χ1) is 30.3. The van der Waals surface area contributed by atoms with E-state index in [2.05, 4.69) is 212 Å². The maximum absolute atomic E-state index is 2.51. The minimum atomic E-state index is 0.354. The highest BCUT2D eigenvalue weighted by molar-refractivity contribution is 6.14. The van der Waals surface area contributed by atoms with Crippen LogP contribution in [0.3, 0.4) is 0 Å². The second-order valence-corrected chi connectivity index (χ2v) is 17.2. The molecule has 0 heterocycles. The highest BCUT2D eigenvalue weighted by atomic mass is 14.5. The zero-order valence-electron chi connectivity index (χ0n) is 34.3. The van der Waals surface area contributed by atoms with E-state index in [4.69, 9.17) is 0 Å². The average Bonchev–Trinajstić information content (AvgIpc) is 4.18. The Hall–Kier alpha value is -7.02. The molecular formula is C61H46. The van der Waals surface area contributed by atoms with Crippen molar-refractivity contribution < 1.29 is 0 Å². The molecule has 0 amide bonds. The quantitative estimate of drug-likeness (QED) is 0.158. The lowest BCUT2D eigenvalue weighted by molar-refractivity contribution is 0.787. The summed E-state index contributed by atoms with van der Waals surface area (Å²) in [7, 11) is 0. The van der Waals surface area contributed by atoms with E-state index in [-0.39, 0.29) is 0 Å². The zero-order chi connectivity index (χ0) is 40.3. The first-order valence-electron chi connectivity index (χ1n) is 22.2. The Morgan fingerprint density at radius 1 is 0.426 bits per heavy atom. The molecule has 1 saturated carbocycles. The molecule has 0 aromatic heterocycles. The van der Waals surface area contributed by atoms with E-state index in [0.29, 0.717) is 17.8 Å². The number of allylic oxidation sites excluding steroid dienone is 13. The van der Waals surface area contributed by atoms with Crippen molar-refractivity contribution in [2.45, 2.75) is 31.6 Å². The summed E-state index contributed by atoms with van der Waals surface area (Å²) < 4.78 is 0. The first-order valence-corrected chi connectivity index (χ1v) is 22.2. The molecule has 3 atom stereocenters. The summed E-state index contributed by atoms with van der Waals surface area (Å²) in [6.07, 6.45) is 36.8. The van der Waals surface area contributed by atoms with Crippen LogP contribution in [0.25, 0.3) is 89.9 Å². The monoisotopic (exact) mass is 778 g/mol. The van der Waals surface area contributed by atoms with Gasteiger partial charge in [-0.2, -0.15) is 0 Å². The molecule has 61 heavy (non-hydrogen) atoms. The second kappa shape index (κ2) is 14.9. The van der Waals surface area contributed by atoms with Gasteiger partial charge in [-0.25, -0.2) is 0 Å². The maximum atomic E-state index is 2.51. The molecular weight excluding hydrogens is 733 g/mol. The Morgan fingerprint density at radius 3 is 1.84 bits per heavy atom. The van der Waals surface area contributed by atoms with Crippen LogP contribution in [0.1, 0.15) is 59.4 Å². The summed E-state index contributed by atoms with van der Waals surface area (Å²) in [6.45, 7) is 0. The summed E-state index contributed by atoms with van der Waals surface area (Å²) in [6, 6.07) is 47.9. The predicted octanol–water partition coefficient (Wildman–Crippen LogP) is 16.6. The van der Waals surface area contributed by atoms with Gasteiger partial charge in [0, 0.05) is 5.92 Å². The number of benzene rings is 7. The standard InChI is InChI=1S/C61H46/c1-5-20-40(21-6-1)45-26-9-3-10-28-47(45)59-52-30-12-4-11-29-49(52)57(50-32-15-17-34-53(50)59)43-24-19-25-44(38-43)58-51-33-16-18-35-54(51)60(55-37-36-42-39-56(42)61(55)58)48-31-14-13-27-46(48)41-22-7-2-8-23-41/h1-3,5-20,22-27,29-38,40,42,56H,4,21,28,39H2. The Kier molecular flexibility index (Phi) is 8.77. The summed E-state index contributed by atoms with van der Waals surface area (Å²) in [5.41, 5.74) is 20.2. The van der Waals surface area contributed by atoms with Gasteiger partial charge >= 0.3 is 0 Å². The van der Waals surface area contributed by atoms with Crippen LogP contribution in [0.2, 0.25) is 0 Å². The fraction of sp³-hybridized carbons (Fsp3) is 0.115. The van der Waals surface area contributed by atoms with Gasteiger partial charge in [0.25, 0.3) is 0 Å². The minimum Gasteiger partial charge on any atom is -0.0836 e. The van der Waals surface area contributed by atoms with Crippen molar-refractivity contribution in [2.75, 3.05) is 0 Å². The van der Waals surface area contributed by atoms with Gasteiger partial charge in [0.15, 0.2) is 0 Å². The van der Waals surface area contributed by atoms with Crippen LogP contribution < -0.4 is 0 Å². The van der Waals surface area contributed by atoms with E-state index in [9.17, 15) is 0 Å². The third-order valence-corrected chi connectivity index (χ3v) is 13.7. The van der Waals surface area contributed by atoms with Crippen molar-refractivity contribution in [1.29, 1.82) is 0 Å². The van der Waals surface area contributed by atoms with E-state index in [1.807, 2.05) is 0 Å². The molecule has 7 aromatic rings. The number of hydrogen-bond donors (Lipinski definition) is 0. The summed E-state index contributed by atoms with van der Waals surface area (Å²) >= 11 is 0. The number of hydrogen-bond acceptors (Lipinski definition) is 0. The summed E-state index contributed by atoms with van der Waals surface area (Å²) in [5, 5.41) is 5.27. The zero-order valence-corrected chi connectivity index (χ0v) is 34.3.